The molecular formula is C13H16N2O2S. The first kappa shape index (κ1) is 14.4. The number of unbranched alkanes of at least 4 members (excludes halogenated alkanes) is 1. The highest BCUT2D eigenvalue weighted by Gasteiger charge is 2.07. The van der Waals surface area contributed by atoms with E-state index < -0.39 is 10.8 Å². The number of nitrogens with zero attached hydrogens (tertiary/aromatic N) is 1. The fourth-order valence-corrected chi connectivity index (χ4v) is 2.47. The second-order valence-corrected chi connectivity index (χ2v) is 5.46. The van der Waals surface area contributed by atoms with Crippen LogP contribution in [0, 0.1) is 11.3 Å². The van der Waals surface area contributed by atoms with Gasteiger partial charge in [0.25, 0.3) is 0 Å². The lowest BCUT2D eigenvalue weighted by molar-refractivity contribution is -0.113. The van der Waals surface area contributed by atoms with Gasteiger partial charge in [-0.3, -0.25) is 9.00 Å². The molecule has 0 bridgehead atoms. The Labute approximate surface area is 109 Å². The van der Waals surface area contributed by atoms with E-state index in [1.807, 2.05) is 13.0 Å². The first-order valence-corrected chi connectivity index (χ1v) is 7.29. The summed E-state index contributed by atoms with van der Waals surface area (Å²) in [6.45, 7) is 2.02. The van der Waals surface area contributed by atoms with Crippen molar-refractivity contribution in [3.63, 3.8) is 0 Å². The number of amides is 1. The van der Waals surface area contributed by atoms with Gasteiger partial charge in [-0.1, -0.05) is 13.3 Å². The third kappa shape index (κ3) is 5.11. The van der Waals surface area contributed by atoms with E-state index in [0.29, 0.717) is 17.0 Å². The third-order valence-electron chi connectivity index (χ3n) is 2.32. The van der Waals surface area contributed by atoms with Gasteiger partial charge in [0, 0.05) is 22.2 Å². The first-order chi connectivity index (χ1) is 8.65. The SMILES string of the molecule is CCCCS(=O)CC(=O)Nc1ccc(C#N)cc1. The molecule has 4 nitrogen and oxygen atoms in total. The second-order valence-electron chi connectivity index (χ2n) is 3.88. The number of nitrogens with one attached hydrogen (secondary N) is 1. The van der Waals surface area contributed by atoms with Crippen molar-refractivity contribution in [1.29, 1.82) is 5.26 Å². The van der Waals surface area contributed by atoms with Gasteiger partial charge in [-0.2, -0.15) is 5.26 Å². The monoisotopic (exact) mass is 264 g/mol. The second kappa shape index (κ2) is 7.62. The fraction of sp³-hybridized carbons (Fsp3) is 0.385. The van der Waals surface area contributed by atoms with Gasteiger partial charge in [-0.05, 0) is 30.7 Å². The largest absolute Gasteiger partial charge is 0.325 e. The van der Waals surface area contributed by atoms with Gasteiger partial charge in [0.1, 0.15) is 5.75 Å². The average Bonchev–Trinajstić information content (AvgIpc) is 2.37. The number of carbonyl (C=O) groups excluding carboxylic acids is 1. The lowest BCUT2D eigenvalue weighted by Gasteiger charge is -2.05. The molecule has 1 rings (SSSR count). The molecule has 0 aromatic heterocycles. The van der Waals surface area contributed by atoms with Crippen LogP contribution in [0.5, 0.6) is 0 Å². The molecule has 1 unspecified atom stereocenters. The Hall–Kier alpha value is -1.67. The van der Waals surface area contributed by atoms with Gasteiger partial charge < -0.3 is 5.32 Å². The van der Waals surface area contributed by atoms with E-state index in [1.165, 1.54) is 0 Å². The maximum Gasteiger partial charge on any atom is 0.236 e. The minimum absolute atomic E-state index is 0.0278. The van der Waals surface area contributed by atoms with Crippen molar-refractivity contribution in [3.05, 3.63) is 29.8 Å². The number of hydrogen-bond donors (Lipinski definition) is 1. The van der Waals surface area contributed by atoms with Crippen LogP contribution in [-0.2, 0) is 15.6 Å². The zero-order valence-corrected chi connectivity index (χ0v) is 11.1. The molecule has 0 spiro atoms. The third-order valence-corrected chi connectivity index (χ3v) is 3.64. The Kier molecular flexibility index (Phi) is 6.09. The summed E-state index contributed by atoms with van der Waals surface area (Å²) in [5.41, 5.74) is 1.16. The average molecular weight is 264 g/mol. The number of nitriles is 1. The Morgan fingerprint density at radius 3 is 2.61 bits per heavy atom. The minimum Gasteiger partial charge on any atom is -0.325 e. The number of rotatable bonds is 6. The highest BCUT2D eigenvalue weighted by molar-refractivity contribution is 7.85. The standard InChI is InChI=1S/C13H16N2O2S/c1-2-3-8-18(17)10-13(16)15-12-6-4-11(9-14)5-7-12/h4-7H,2-3,8,10H2,1H3,(H,15,16). The molecule has 0 radical (unpaired) electrons. The molecule has 0 aliphatic rings. The predicted octanol–water partition coefficient (Wildman–Crippen LogP) is 2.05. The van der Waals surface area contributed by atoms with Crippen molar-refractivity contribution in [2.45, 2.75) is 19.8 Å². The molecule has 96 valence electrons. The van der Waals surface area contributed by atoms with E-state index in [9.17, 15) is 9.00 Å². The number of carbonyl (C=O) groups is 1. The smallest absolute Gasteiger partial charge is 0.236 e. The van der Waals surface area contributed by atoms with Crippen LogP contribution in [0.15, 0.2) is 24.3 Å². The molecule has 1 amide bonds. The Bertz CT molecular complexity index is 463. The van der Waals surface area contributed by atoms with Crippen molar-refractivity contribution in [3.8, 4) is 6.07 Å². The summed E-state index contributed by atoms with van der Waals surface area (Å²) in [5, 5.41) is 11.3. The molecule has 1 N–H and O–H groups in total. The van der Waals surface area contributed by atoms with Crippen LogP contribution in [-0.4, -0.2) is 21.6 Å². The highest BCUT2D eigenvalue weighted by atomic mass is 32.2. The van der Waals surface area contributed by atoms with Crippen molar-refractivity contribution in [2.24, 2.45) is 0 Å². The van der Waals surface area contributed by atoms with Crippen molar-refractivity contribution < 1.29 is 9.00 Å². The zero-order chi connectivity index (χ0) is 13.4. The Morgan fingerprint density at radius 2 is 2.06 bits per heavy atom. The molecule has 0 heterocycles. The van der Waals surface area contributed by atoms with E-state index in [2.05, 4.69) is 5.32 Å². The van der Waals surface area contributed by atoms with Crippen LogP contribution in [0.25, 0.3) is 0 Å². The molecule has 0 aliphatic carbocycles. The van der Waals surface area contributed by atoms with Gasteiger partial charge in [-0.15, -0.1) is 0 Å². The lowest BCUT2D eigenvalue weighted by Crippen LogP contribution is -2.20. The van der Waals surface area contributed by atoms with Crippen LogP contribution in [0.4, 0.5) is 5.69 Å². The summed E-state index contributed by atoms with van der Waals surface area (Å²) in [7, 11) is -1.09. The van der Waals surface area contributed by atoms with Crippen molar-refractivity contribution >= 4 is 22.4 Å². The maximum atomic E-state index is 11.6. The van der Waals surface area contributed by atoms with Crippen LogP contribution >= 0.6 is 0 Å². The summed E-state index contributed by atoms with van der Waals surface area (Å²) in [6.07, 6.45) is 1.85. The number of benzene rings is 1. The van der Waals surface area contributed by atoms with E-state index in [4.69, 9.17) is 5.26 Å². The van der Waals surface area contributed by atoms with Gasteiger partial charge in [0.05, 0.1) is 11.6 Å². The lowest BCUT2D eigenvalue weighted by atomic mass is 10.2. The van der Waals surface area contributed by atoms with E-state index in [1.54, 1.807) is 24.3 Å². The Balaban J connectivity index is 2.44. The summed E-state index contributed by atoms with van der Waals surface area (Å²) in [6, 6.07) is 8.58. The van der Waals surface area contributed by atoms with Gasteiger partial charge in [-0.25, -0.2) is 0 Å². The molecular weight excluding hydrogens is 248 g/mol. The molecule has 0 saturated heterocycles. The highest BCUT2D eigenvalue weighted by Crippen LogP contribution is 2.08. The molecule has 0 aliphatic heterocycles. The van der Waals surface area contributed by atoms with E-state index in [-0.39, 0.29) is 11.7 Å². The van der Waals surface area contributed by atoms with E-state index in [0.717, 1.165) is 12.8 Å². The Morgan fingerprint density at radius 1 is 1.39 bits per heavy atom. The number of hydrogen-bond acceptors (Lipinski definition) is 3. The normalized spacial score (nSPS) is 11.6. The molecule has 1 aromatic rings. The summed E-state index contributed by atoms with van der Waals surface area (Å²) in [4.78, 5) is 11.6. The quantitative estimate of drug-likeness (QED) is 0.854. The van der Waals surface area contributed by atoms with Gasteiger partial charge in [0.2, 0.25) is 5.91 Å². The number of anilines is 1. The summed E-state index contributed by atoms with van der Waals surface area (Å²) in [5.74, 6) is 0.339. The molecule has 0 saturated carbocycles. The van der Waals surface area contributed by atoms with E-state index >= 15 is 0 Å². The first-order valence-electron chi connectivity index (χ1n) is 5.80. The van der Waals surface area contributed by atoms with Crippen LogP contribution < -0.4 is 5.32 Å². The van der Waals surface area contributed by atoms with Crippen LogP contribution in [0.2, 0.25) is 0 Å². The van der Waals surface area contributed by atoms with Gasteiger partial charge >= 0.3 is 0 Å². The summed E-state index contributed by atoms with van der Waals surface area (Å²) < 4.78 is 11.5. The zero-order valence-electron chi connectivity index (χ0n) is 10.3. The fourth-order valence-electron chi connectivity index (χ4n) is 1.35. The van der Waals surface area contributed by atoms with Crippen LogP contribution in [0.1, 0.15) is 25.3 Å². The predicted molar refractivity (Wildman–Crippen MR) is 72.6 cm³/mol. The topological polar surface area (TPSA) is 70.0 Å². The van der Waals surface area contributed by atoms with Crippen LogP contribution in [0.3, 0.4) is 0 Å². The molecule has 0 fully saturated rings. The molecule has 5 heteroatoms. The molecule has 18 heavy (non-hydrogen) atoms. The molecule has 1 atom stereocenters. The summed E-state index contributed by atoms with van der Waals surface area (Å²) >= 11 is 0. The maximum absolute atomic E-state index is 11.6. The van der Waals surface area contributed by atoms with Crippen molar-refractivity contribution in [1.82, 2.24) is 0 Å². The van der Waals surface area contributed by atoms with Gasteiger partial charge in [0.15, 0.2) is 0 Å². The minimum atomic E-state index is -1.09. The van der Waals surface area contributed by atoms with Crippen molar-refractivity contribution in [2.75, 3.05) is 16.8 Å². The molecule has 1 aromatic carbocycles.